The molecule has 33 heavy (non-hydrogen) atoms. The Morgan fingerprint density at radius 3 is 2.36 bits per heavy atom. The number of nitrogens with one attached hydrogen (secondary N) is 1. The number of rotatable bonds is 6. The van der Waals surface area contributed by atoms with Crippen molar-refractivity contribution in [2.24, 2.45) is 7.05 Å². The lowest BCUT2D eigenvalue weighted by Gasteiger charge is -2.12. The lowest BCUT2D eigenvalue weighted by atomic mass is 10.00. The summed E-state index contributed by atoms with van der Waals surface area (Å²) in [7, 11) is 3.44. The summed E-state index contributed by atoms with van der Waals surface area (Å²) in [5, 5.41) is 12.7. The molecule has 0 atom stereocenters. The molecule has 0 aliphatic rings. The van der Waals surface area contributed by atoms with E-state index in [-0.39, 0.29) is 12.3 Å². The van der Waals surface area contributed by atoms with E-state index in [0.29, 0.717) is 24.1 Å². The maximum Gasteiger partial charge on any atom is 0.252 e. The summed E-state index contributed by atoms with van der Waals surface area (Å²) in [4.78, 5) is 26.5. The number of nitrogens with zero attached hydrogens (tertiary/aromatic N) is 7. The Balaban J connectivity index is 1.56. The highest BCUT2D eigenvalue weighted by Gasteiger charge is 2.19. The molecule has 4 aromatic heterocycles. The van der Waals surface area contributed by atoms with Crippen LogP contribution in [-0.2, 0) is 18.3 Å². The molecule has 0 spiro atoms. The summed E-state index contributed by atoms with van der Waals surface area (Å²) in [5.74, 6) is 1.38. The van der Waals surface area contributed by atoms with Gasteiger partial charge in [-0.1, -0.05) is 0 Å². The second-order valence-corrected chi connectivity index (χ2v) is 8.21. The Kier molecular flexibility index (Phi) is 5.84. The van der Waals surface area contributed by atoms with Crippen molar-refractivity contribution in [1.29, 1.82) is 0 Å². The number of hydrogen-bond acceptors (Lipinski definition) is 7. The number of fused-ring (bicyclic) bond motifs is 1. The van der Waals surface area contributed by atoms with Gasteiger partial charge in [-0.25, -0.2) is 19.6 Å². The van der Waals surface area contributed by atoms with E-state index in [0.717, 1.165) is 44.9 Å². The van der Waals surface area contributed by atoms with E-state index in [1.54, 1.807) is 16.5 Å². The van der Waals surface area contributed by atoms with Crippen molar-refractivity contribution in [2.45, 2.75) is 47.5 Å². The molecule has 0 fully saturated rings. The highest BCUT2D eigenvalue weighted by Crippen LogP contribution is 2.30. The predicted octanol–water partition coefficient (Wildman–Crippen LogP) is 3.07. The van der Waals surface area contributed by atoms with Gasteiger partial charge in [0.15, 0.2) is 5.65 Å². The molecule has 0 saturated heterocycles. The molecule has 1 amide bonds. The summed E-state index contributed by atoms with van der Waals surface area (Å²) in [6.45, 7) is 9.64. The van der Waals surface area contributed by atoms with E-state index >= 15 is 0 Å². The summed E-state index contributed by atoms with van der Waals surface area (Å²) < 4.78 is 8.71. The van der Waals surface area contributed by atoms with Crippen molar-refractivity contribution in [2.75, 3.05) is 12.4 Å². The number of ether oxygens (including phenoxy) is 1. The molecule has 10 nitrogen and oxygen atoms in total. The average Bonchev–Trinajstić information content (AvgIpc) is 3.26. The van der Waals surface area contributed by atoms with Crippen LogP contribution in [0.1, 0.15) is 40.3 Å². The third kappa shape index (κ3) is 4.28. The second-order valence-electron chi connectivity index (χ2n) is 8.21. The second kappa shape index (κ2) is 8.61. The fourth-order valence-corrected chi connectivity index (χ4v) is 4.09. The van der Waals surface area contributed by atoms with Crippen LogP contribution in [0, 0.1) is 34.6 Å². The highest BCUT2D eigenvalue weighted by atomic mass is 16.5. The van der Waals surface area contributed by atoms with E-state index in [1.165, 1.54) is 0 Å². The largest absolute Gasteiger partial charge is 0.479 e. The molecule has 0 bridgehead atoms. The number of anilines is 1. The zero-order valence-corrected chi connectivity index (χ0v) is 20.0. The van der Waals surface area contributed by atoms with E-state index < -0.39 is 0 Å². The van der Waals surface area contributed by atoms with Gasteiger partial charge in [0, 0.05) is 36.6 Å². The highest BCUT2D eigenvalue weighted by molar-refractivity contribution is 5.91. The number of pyridine rings is 1. The summed E-state index contributed by atoms with van der Waals surface area (Å²) in [5.41, 5.74) is 6.13. The maximum atomic E-state index is 12.9. The van der Waals surface area contributed by atoms with Crippen LogP contribution in [0.15, 0.2) is 12.1 Å². The first-order valence-corrected chi connectivity index (χ1v) is 10.7. The summed E-state index contributed by atoms with van der Waals surface area (Å²) >= 11 is 0. The first kappa shape index (κ1) is 22.4. The fourth-order valence-electron chi connectivity index (χ4n) is 4.09. The minimum absolute atomic E-state index is 0.127. The van der Waals surface area contributed by atoms with E-state index in [1.807, 2.05) is 53.8 Å². The Morgan fingerprint density at radius 1 is 1.00 bits per heavy atom. The molecule has 0 aromatic carbocycles. The Hall–Kier alpha value is -3.82. The number of carbonyl (C=O) groups is 1. The molecule has 1 N–H and O–H groups in total. The monoisotopic (exact) mass is 448 g/mol. The van der Waals surface area contributed by atoms with Gasteiger partial charge in [-0.3, -0.25) is 4.79 Å². The third-order valence-electron chi connectivity index (χ3n) is 5.58. The van der Waals surface area contributed by atoms with Gasteiger partial charge >= 0.3 is 0 Å². The minimum atomic E-state index is -0.127. The van der Waals surface area contributed by atoms with Crippen LogP contribution in [0.25, 0.3) is 17.0 Å². The normalized spacial score (nSPS) is 11.2. The van der Waals surface area contributed by atoms with Crippen molar-refractivity contribution < 1.29 is 9.53 Å². The minimum Gasteiger partial charge on any atom is -0.479 e. The standard InChI is InChI=1S/C23H28N8O2/c1-12-10-13(2)25-23(24-12)31-18(11-14(3)28-31)27-19(32)9-8-17-15(4)20-21(26-16(17)5)30(6)29-22(20)33-7/h10-11H,8-9H2,1-7H3,(H,27,32). The molecule has 172 valence electrons. The van der Waals surface area contributed by atoms with Gasteiger partial charge in [-0.05, 0) is 58.2 Å². The molecular weight excluding hydrogens is 420 g/mol. The van der Waals surface area contributed by atoms with E-state index in [4.69, 9.17) is 9.72 Å². The number of methoxy groups -OCH3 is 1. The van der Waals surface area contributed by atoms with Gasteiger partial charge in [0.2, 0.25) is 11.8 Å². The van der Waals surface area contributed by atoms with Gasteiger partial charge in [-0.2, -0.15) is 9.78 Å². The number of aryl methyl sites for hydroxylation is 6. The van der Waals surface area contributed by atoms with Crippen LogP contribution in [0.3, 0.4) is 0 Å². The molecule has 0 aliphatic carbocycles. The van der Waals surface area contributed by atoms with Crippen molar-refractivity contribution in [3.05, 3.63) is 46.0 Å². The number of carbonyl (C=O) groups excluding carboxylic acids is 1. The van der Waals surface area contributed by atoms with Crippen molar-refractivity contribution in [1.82, 2.24) is 34.5 Å². The zero-order chi connectivity index (χ0) is 23.9. The first-order valence-electron chi connectivity index (χ1n) is 10.7. The Morgan fingerprint density at radius 2 is 1.70 bits per heavy atom. The van der Waals surface area contributed by atoms with Crippen molar-refractivity contribution in [3.8, 4) is 11.8 Å². The SMILES string of the molecule is COc1nn(C)c2nc(C)c(CCC(=O)Nc3cc(C)nn3-c3nc(C)cc(C)n3)c(C)c12. The van der Waals surface area contributed by atoms with E-state index in [9.17, 15) is 4.79 Å². The van der Waals surface area contributed by atoms with Gasteiger partial charge in [0.1, 0.15) is 5.82 Å². The molecule has 0 radical (unpaired) electrons. The summed E-state index contributed by atoms with van der Waals surface area (Å²) in [6.07, 6.45) is 0.826. The molecule has 4 heterocycles. The molecule has 4 rings (SSSR count). The molecule has 0 unspecified atom stereocenters. The zero-order valence-electron chi connectivity index (χ0n) is 20.0. The number of aromatic nitrogens is 7. The van der Waals surface area contributed by atoms with E-state index in [2.05, 4.69) is 25.5 Å². The summed E-state index contributed by atoms with van der Waals surface area (Å²) in [6, 6.07) is 3.70. The van der Waals surface area contributed by atoms with Crippen LogP contribution < -0.4 is 10.1 Å². The van der Waals surface area contributed by atoms with Crippen LogP contribution >= 0.6 is 0 Å². The smallest absolute Gasteiger partial charge is 0.252 e. The lowest BCUT2D eigenvalue weighted by Crippen LogP contribution is -2.17. The van der Waals surface area contributed by atoms with Crippen LogP contribution in [0.5, 0.6) is 5.88 Å². The number of amides is 1. The average molecular weight is 449 g/mol. The first-order chi connectivity index (χ1) is 15.7. The fraction of sp³-hybridized carbons (Fsp3) is 0.391. The Bertz CT molecular complexity index is 1350. The molecule has 0 aliphatic heterocycles. The van der Waals surface area contributed by atoms with Crippen molar-refractivity contribution >= 4 is 22.8 Å². The molecule has 4 aromatic rings. The van der Waals surface area contributed by atoms with Crippen LogP contribution in [-0.4, -0.2) is 47.5 Å². The lowest BCUT2D eigenvalue weighted by molar-refractivity contribution is -0.116. The Labute approximate surface area is 192 Å². The van der Waals surface area contributed by atoms with Gasteiger partial charge in [0.25, 0.3) is 5.95 Å². The van der Waals surface area contributed by atoms with Gasteiger partial charge < -0.3 is 10.1 Å². The molecular formula is C23H28N8O2. The third-order valence-corrected chi connectivity index (χ3v) is 5.58. The van der Waals surface area contributed by atoms with Crippen LogP contribution in [0.2, 0.25) is 0 Å². The van der Waals surface area contributed by atoms with Crippen molar-refractivity contribution in [3.63, 3.8) is 0 Å². The van der Waals surface area contributed by atoms with Crippen LogP contribution in [0.4, 0.5) is 5.82 Å². The number of hydrogen-bond donors (Lipinski definition) is 1. The molecule has 0 saturated carbocycles. The van der Waals surface area contributed by atoms with Gasteiger partial charge in [0.05, 0.1) is 18.2 Å². The van der Waals surface area contributed by atoms with Gasteiger partial charge in [-0.15, -0.1) is 5.10 Å². The maximum absolute atomic E-state index is 12.9. The predicted molar refractivity (Wildman–Crippen MR) is 125 cm³/mol. The molecule has 10 heteroatoms. The quantitative estimate of drug-likeness (QED) is 0.482. The topological polar surface area (TPSA) is 113 Å².